The Balaban J connectivity index is 2.80. The quantitative estimate of drug-likeness (QED) is 0.406. The minimum atomic E-state index is -0.422. The fourth-order valence-electron chi connectivity index (χ4n) is 1.27. The first-order valence-corrected chi connectivity index (χ1v) is 4.47. The van der Waals surface area contributed by atoms with Crippen molar-refractivity contribution < 1.29 is 9.45 Å². The molecule has 0 radical (unpaired) electrons. The van der Waals surface area contributed by atoms with Crippen molar-refractivity contribution in [2.24, 2.45) is 0 Å². The van der Waals surface area contributed by atoms with E-state index in [1.54, 1.807) is 13.0 Å². The Labute approximate surface area is 81.4 Å². The van der Waals surface area contributed by atoms with Crippen LogP contribution < -0.4 is 5.30 Å². The zero-order valence-corrected chi connectivity index (χ0v) is 8.51. The molecule has 0 fully saturated rings. The lowest BCUT2D eigenvalue weighted by Gasteiger charge is -1.95. The maximum Gasteiger partial charge on any atom is 0.277 e. The highest BCUT2D eigenvalue weighted by molar-refractivity contribution is 7.28. The molecule has 0 bridgehead atoms. The van der Waals surface area contributed by atoms with Gasteiger partial charge in [0.05, 0.1) is 21.3 Å². The molecule has 1 atom stereocenters. The number of hydrogen-bond acceptors (Lipinski definition) is 4. The van der Waals surface area contributed by atoms with Gasteiger partial charge >= 0.3 is 0 Å². The maximum absolute atomic E-state index is 10.6. The molecule has 1 aromatic carbocycles. The smallest absolute Gasteiger partial charge is 0.277 e. The SMILES string of the molecule is Cc1noc2cc(P)c([N+](=O)[O-])cc12. The summed E-state index contributed by atoms with van der Waals surface area (Å²) in [6.45, 7) is 1.75. The number of hydrogen-bond donors (Lipinski definition) is 0. The summed E-state index contributed by atoms with van der Waals surface area (Å²) < 4.78 is 4.98. The van der Waals surface area contributed by atoms with Gasteiger partial charge in [-0.05, 0) is 13.0 Å². The summed E-state index contributed by atoms with van der Waals surface area (Å²) in [4.78, 5) is 10.2. The van der Waals surface area contributed by atoms with E-state index in [0.717, 1.165) is 0 Å². The molecule has 0 aliphatic heterocycles. The number of nitro groups is 1. The van der Waals surface area contributed by atoms with Gasteiger partial charge in [0.1, 0.15) is 0 Å². The number of aromatic nitrogens is 1. The van der Waals surface area contributed by atoms with Crippen LogP contribution in [0.5, 0.6) is 0 Å². The van der Waals surface area contributed by atoms with Crippen molar-refractivity contribution in [2.75, 3.05) is 0 Å². The van der Waals surface area contributed by atoms with E-state index >= 15 is 0 Å². The molecule has 2 aromatic rings. The first-order chi connectivity index (χ1) is 6.59. The largest absolute Gasteiger partial charge is 0.356 e. The maximum atomic E-state index is 10.6. The van der Waals surface area contributed by atoms with Gasteiger partial charge in [-0.15, -0.1) is 0 Å². The van der Waals surface area contributed by atoms with Crippen LogP contribution in [-0.4, -0.2) is 10.1 Å². The van der Waals surface area contributed by atoms with Gasteiger partial charge in [0.2, 0.25) is 0 Å². The third-order valence-electron chi connectivity index (χ3n) is 2.00. The van der Waals surface area contributed by atoms with Crippen molar-refractivity contribution in [1.82, 2.24) is 5.16 Å². The van der Waals surface area contributed by atoms with Crippen LogP contribution in [0.25, 0.3) is 11.0 Å². The highest BCUT2D eigenvalue weighted by atomic mass is 31.0. The number of aryl methyl sites for hydroxylation is 1. The third kappa shape index (κ3) is 1.26. The first-order valence-electron chi connectivity index (χ1n) is 3.89. The van der Waals surface area contributed by atoms with Gasteiger partial charge in [-0.1, -0.05) is 14.4 Å². The van der Waals surface area contributed by atoms with Crippen LogP contribution in [-0.2, 0) is 0 Å². The number of nitro benzene ring substituents is 1. The van der Waals surface area contributed by atoms with E-state index in [1.165, 1.54) is 6.07 Å². The summed E-state index contributed by atoms with van der Waals surface area (Å²) >= 11 is 0. The zero-order valence-electron chi connectivity index (χ0n) is 7.35. The van der Waals surface area contributed by atoms with Crippen LogP contribution in [0.15, 0.2) is 16.7 Å². The highest BCUT2D eigenvalue weighted by Crippen LogP contribution is 2.23. The number of fused-ring (bicyclic) bond motifs is 1. The molecule has 1 unspecified atom stereocenters. The second kappa shape index (κ2) is 3.03. The van der Waals surface area contributed by atoms with Crippen molar-refractivity contribution in [1.29, 1.82) is 0 Å². The van der Waals surface area contributed by atoms with Gasteiger partial charge in [0, 0.05) is 6.07 Å². The molecule has 0 aliphatic carbocycles. The third-order valence-corrected chi connectivity index (χ3v) is 2.46. The van der Waals surface area contributed by atoms with Crippen LogP contribution in [0, 0.1) is 17.0 Å². The molecule has 0 N–H and O–H groups in total. The Kier molecular flexibility index (Phi) is 1.97. The van der Waals surface area contributed by atoms with Gasteiger partial charge in [-0.25, -0.2) is 0 Å². The van der Waals surface area contributed by atoms with E-state index in [0.29, 0.717) is 22.0 Å². The molecule has 0 saturated carbocycles. The number of benzene rings is 1. The van der Waals surface area contributed by atoms with Crippen molar-refractivity contribution in [3.63, 3.8) is 0 Å². The Morgan fingerprint density at radius 2 is 2.29 bits per heavy atom. The molecule has 5 nitrogen and oxygen atoms in total. The van der Waals surface area contributed by atoms with Gasteiger partial charge in [-0.2, -0.15) is 0 Å². The molecule has 0 aliphatic rings. The molecule has 0 amide bonds. The predicted molar refractivity (Wildman–Crippen MR) is 54.7 cm³/mol. The topological polar surface area (TPSA) is 69.2 Å². The van der Waals surface area contributed by atoms with Gasteiger partial charge in [-0.3, -0.25) is 10.1 Å². The summed E-state index contributed by atoms with van der Waals surface area (Å²) in [6, 6.07) is 3.07. The average molecular weight is 210 g/mol. The molecule has 0 saturated heterocycles. The Morgan fingerprint density at radius 1 is 1.57 bits per heavy atom. The normalized spacial score (nSPS) is 10.7. The molecule has 1 aromatic heterocycles. The molecule has 14 heavy (non-hydrogen) atoms. The highest BCUT2D eigenvalue weighted by Gasteiger charge is 2.15. The van der Waals surface area contributed by atoms with E-state index in [4.69, 9.17) is 4.52 Å². The van der Waals surface area contributed by atoms with E-state index in [-0.39, 0.29) is 5.69 Å². The van der Waals surface area contributed by atoms with Crippen LogP contribution in [0.1, 0.15) is 5.69 Å². The van der Waals surface area contributed by atoms with Crippen molar-refractivity contribution in [2.45, 2.75) is 6.92 Å². The number of nitrogens with zero attached hydrogens (tertiary/aromatic N) is 2. The Bertz CT molecular complexity index is 521. The van der Waals surface area contributed by atoms with Crippen LogP contribution in [0.4, 0.5) is 5.69 Å². The van der Waals surface area contributed by atoms with Crippen LogP contribution in [0.3, 0.4) is 0 Å². The molecular formula is C8H7N2O3P. The summed E-state index contributed by atoms with van der Waals surface area (Å²) in [5.41, 5.74) is 1.29. The fraction of sp³-hybridized carbons (Fsp3) is 0.125. The minimum absolute atomic E-state index is 0.0637. The molecule has 6 heteroatoms. The fourth-order valence-corrected chi connectivity index (χ4v) is 1.61. The molecule has 72 valence electrons. The Morgan fingerprint density at radius 3 is 2.93 bits per heavy atom. The average Bonchev–Trinajstić information content (AvgIpc) is 2.46. The van der Waals surface area contributed by atoms with Crippen molar-refractivity contribution >= 4 is 31.2 Å². The van der Waals surface area contributed by atoms with E-state index in [2.05, 4.69) is 14.4 Å². The first kappa shape index (κ1) is 9.09. The standard InChI is InChI=1S/C8H7N2O3P/c1-4-5-2-6(10(11)12)8(14)3-7(5)13-9-4/h2-3H,14H2,1H3. The van der Waals surface area contributed by atoms with E-state index < -0.39 is 4.92 Å². The lowest BCUT2D eigenvalue weighted by atomic mass is 10.2. The molecule has 1 heterocycles. The second-order valence-electron chi connectivity index (χ2n) is 2.93. The van der Waals surface area contributed by atoms with E-state index in [1.807, 2.05) is 0 Å². The van der Waals surface area contributed by atoms with Gasteiger partial charge in [0.25, 0.3) is 5.69 Å². The minimum Gasteiger partial charge on any atom is -0.356 e. The summed E-state index contributed by atoms with van der Waals surface area (Å²) in [5.74, 6) is 0. The van der Waals surface area contributed by atoms with Gasteiger partial charge < -0.3 is 4.52 Å². The molecule has 2 rings (SSSR count). The Hall–Kier alpha value is -1.48. The van der Waals surface area contributed by atoms with E-state index in [9.17, 15) is 10.1 Å². The number of rotatable bonds is 1. The molecular weight excluding hydrogens is 203 g/mol. The lowest BCUT2D eigenvalue weighted by Crippen LogP contribution is -2.00. The summed E-state index contributed by atoms with van der Waals surface area (Å²) in [7, 11) is 2.31. The monoisotopic (exact) mass is 210 g/mol. The van der Waals surface area contributed by atoms with Crippen LogP contribution >= 0.6 is 9.24 Å². The van der Waals surface area contributed by atoms with Crippen LogP contribution in [0.2, 0.25) is 0 Å². The van der Waals surface area contributed by atoms with Gasteiger partial charge in [0.15, 0.2) is 5.58 Å². The lowest BCUT2D eigenvalue weighted by molar-refractivity contribution is -0.383. The molecule has 0 spiro atoms. The summed E-state index contributed by atoms with van der Waals surface area (Å²) in [5, 5.41) is 15.6. The second-order valence-corrected chi connectivity index (χ2v) is 3.55. The summed E-state index contributed by atoms with van der Waals surface area (Å²) in [6.07, 6.45) is 0. The van der Waals surface area contributed by atoms with Crippen molar-refractivity contribution in [3.05, 3.63) is 27.9 Å². The predicted octanol–water partition coefficient (Wildman–Crippen LogP) is 1.54. The zero-order chi connectivity index (χ0) is 10.3. The van der Waals surface area contributed by atoms with Crippen molar-refractivity contribution in [3.8, 4) is 0 Å².